The second-order valence-corrected chi connectivity index (χ2v) is 4.16. The Balaban J connectivity index is 3.06. The van der Waals surface area contributed by atoms with Gasteiger partial charge >= 0.3 is 11.9 Å². The van der Waals surface area contributed by atoms with Crippen LogP contribution in [0.5, 0.6) is 0 Å². The summed E-state index contributed by atoms with van der Waals surface area (Å²) in [6, 6.07) is 3.89. The van der Waals surface area contributed by atoms with Crippen molar-refractivity contribution < 1.29 is 33.8 Å². The third-order valence-electron chi connectivity index (χ3n) is 2.68. The molecule has 0 atom stereocenters. The van der Waals surface area contributed by atoms with E-state index in [0.717, 1.165) is 7.11 Å². The Hall–Kier alpha value is -2.90. The summed E-state index contributed by atoms with van der Waals surface area (Å²) in [4.78, 5) is 45.1. The number of aliphatic carboxylic acids is 1. The maximum atomic E-state index is 11.7. The Morgan fingerprint density at radius 3 is 2.23 bits per heavy atom. The molecule has 0 heterocycles. The predicted octanol–water partition coefficient (Wildman–Crippen LogP) is -0.272. The van der Waals surface area contributed by atoms with Crippen molar-refractivity contribution in [3.8, 4) is 0 Å². The van der Waals surface area contributed by atoms with E-state index in [-0.39, 0.29) is 23.2 Å². The van der Waals surface area contributed by atoms with Crippen LogP contribution in [0, 0.1) is 0 Å². The van der Waals surface area contributed by atoms with Crippen LogP contribution in [0.15, 0.2) is 18.2 Å². The summed E-state index contributed by atoms with van der Waals surface area (Å²) < 4.78 is 9.12. The van der Waals surface area contributed by atoms with Crippen molar-refractivity contribution in [3.05, 3.63) is 29.3 Å². The summed E-state index contributed by atoms with van der Waals surface area (Å²) in [7, 11) is 2.35. The SMILES string of the molecule is COC(=O)c1ccc(C(=O)OC)c(NC(=O)CCC(=O)[O-])c1. The van der Waals surface area contributed by atoms with Crippen LogP contribution in [0.2, 0.25) is 0 Å². The van der Waals surface area contributed by atoms with Gasteiger partial charge in [-0.1, -0.05) is 0 Å². The molecule has 0 saturated heterocycles. The number of nitrogens with one attached hydrogen (secondary N) is 1. The van der Waals surface area contributed by atoms with Crippen LogP contribution < -0.4 is 10.4 Å². The van der Waals surface area contributed by atoms with Gasteiger partial charge in [-0.15, -0.1) is 0 Å². The van der Waals surface area contributed by atoms with Crippen molar-refractivity contribution in [2.75, 3.05) is 19.5 Å². The summed E-state index contributed by atoms with van der Waals surface area (Å²) in [5.74, 6) is -3.38. The van der Waals surface area contributed by atoms with Crippen LogP contribution in [0.3, 0.4) is 0 Å². The van der Waals surface area contributed by atoms with E-state index in [1.165, 1.54) is 25.3 Å². The number of carbonyl (C=O) groups is 4. The second kappa shape index (κ2) is 7.77. The lowest BCUT2D eigenvalue weighted by Gasteiger charge is -2.11. The van der Waals surface area contributed by atoms with Crippen LogP contribution in [0.1, 0.15) is 33.6 Å². The number of anilines is 1. The Morgan fingerprint density at radius 2 is 1.68 bits per heavy atom. The molecule has 8 nitrogen and oxygen atoms in total. The molecule has 0 bridgehead atoms. The molecule has 22 heavy (non-hydrogen) atoms. The van der Waals surface area contributed by atoms with Crippen LogP contribution in [-0.2, 0) is 19.1 Å². The number of carboxylic acid groups (broad SMARTS) is 1. The van der Waals surface area contributed by atoms with Gasteiger partial charge in [0, 0.05) is 12.4 Å². The molecular weight excluding hydrogens is 294 g/mol. The molecule has 0 aliphatic carbocycles. The fourth-order valence-corrected chi connectivity index (χ4v) is 1.61. The molecule has 8 heteroatoms. The van der Waals surface area contributed by atoms with Crippen molar-refractivity contribution in [1.82, 2.24) is 0 Å². The monoisotopic (exact) mass is 308 g/mol. The number of carbonyl (C=O) groups excluding carboxylic acids is 4. The average Bonchev–Trinajstić information content (AvgIpc) is 2.51. The van der Waals surface area contributed by atoms with Crippen molar-refractivity contribution in [3.63, 3.8) is 0 Å². The molecule has 0 aliphatic rings. The van der Waals surface area contributed by atoms with E-state index in [1.807, 2.05) is 0 Å². The largest absolute Gasteiger partial charge is 0.550 e. The van der Waals surface area contributed by atoms with E-state index in [4.69, 9.17) is 0 Å². The third-order valence-corrected chi connectivity index (χ3v) is 2.68. The van der Waals surface area contributed by atoms with E-state index >= 15 is 0 Å². The zero-order valence-corrected chi connectivity index (χ0v) is 12.0. The quantitative estimate of drug-likeness (QED) is 0.718. The molecule has 0 unspecified atom stereocenters. The van der Waals surface area contributed by atoms with E-state index in [9.17, 15) is 24.3 Å². The minimum absolute atomic E-state index is 0.0250. The van der Waals surface area contributed by atoms with Gasteiger partial charge in [0.25, 0.3) is 0 Å². The number of benzene rings is 1. The Bertz CT molecular complexity index is 609. The summed E-state index contributed by atoms with van der Waals surface area (Å²) in [5.41, 5.74) is 0.167. The molecule has 1 N–H and O–H groups in total. The zero-order valence-electron chi connectivity index (χ0n) is 12.0. The zero-order chi connectivity index (χ0) is 16.7. The predicted molar refractivity (Wildman–Crippen MR) is 72.0 cm³/mol. The minimum Gasteiger partial charge on any atom is -0.550 e. The van der Waals surface area contributed by atoms with Crippen LogP contribution in [0.25, 0.3) is 0 Å². The molecule has 0 aliphatic heterocycles. The normalized spacial score (nSPS) is 9.73. The highest BCUT2D eigenvalue weighted by Crippen LogP contribution is 2.20. The lowest BCUT2D eigenvalue weighted by Crippen LogP contribution is -2.24. The van der Waals surface area contributed by atoms with E-state index in [2.05, 4.69) is 14.8 Å². The van der Waals surface area contributed by atoms with Gasteiger partial charge in [0.1, 0.15) is 0 Å². The molecule has 0 saturated carbocycles. The number of ether oxygens (including phenoxy) is 2. The van der Waals surface area contributed by atoms with Crippen LogP contribution >= 0.6 is 0 Å². The van der Waals surface area contributed by atoms with Crippen molar-refractivity contribution >= 4 is 29.5 Å². The molecule has 118 valence electrons. The molecule has 1 amide bonds. The van der Waals surface area contributed by atoms with Crippen molar-refractivity contribution in [2.45, 2.75) is 12.8 Å². The summed E-state index contributed by atoms with van der Waals surface area (Å²) in [6.45, 7) is 0. The Morgan fingerprint density at radius 1 is 1.05 bits per heavy atom. The van der Waals surface area contributed by atoms with Gasteiger partial charge in [-0.05, 0) is 24.6 Å². The summed E-state index contributed by atoms with van der Waals surface area (Å²) in [5, 5.41) is 12.7. The first-order valence-electron chi connectivity index (χ1n) is 6.19. The number of rotatable bonds is 6. The first kappa shape index (κ1) is 17.2. The fourth-order valence-electron chi connectivity index (χ4n) is 1.61. The average molecular weight is 308 g/mol. The molecule has 1 aromatic carbocycles. The minimum atomic E-state index is -1.37. The van der Waals surface area contributed by atoms with Gasteiger partial charge in [0.15, 0.2) is 0 Å². The fraction of sp³-hybridized carbons (Fsp3) is 0.286. The molecular formula is C14H14NO7-. The van der Waals surface area contributed by atoms with E-state index in [0.29, 0.717) is 0 Å². The van der Waals surface area contributed by atoms with Crippen LogP contribution in [0.4, 0.5) is 5.69 Å². The van der Waals surface area contributed by atoms with Gasteiger partial charge in [-0.25, -0.2) is 9.59 Å². The lowest BCUT2D eigenvalue weighted by atomic mass is 10.1. The molecule has 0 fully saturated rings. The lowest BCUT2D eigenvalue weighted by molar-refractivity contribution is -0.305. The molecule has 0 aromatic heterocycles. The highest BCUT2D eigenvalue weighted by molar-refractivity contribution is 6.03. The first-order chi connectivity index (χ1) is 10.4. The van der Waals surface area contributed by atoms with E-state index < -0.39 is 30.2 Å². The first-order valence-corrected chi connectivity index (χ1v) is 6.19. The summed E-state index contributed by atoms with van der Waals surface area (Å²) in [6.07, 6.45) is -0.790. The topological polar surface area (TPSA) is 122 Å². The summed E-state index contributed by atoms with van der Waals surface area (Å²) >= 11 is 0. The van der Waals surface area contributed by atoms with Gasteiger partial charge in [0.05, 0.1) is 31.0 Å². The second-order valence-electron chi connectivity index (χ2n) is 4.16. The van der Waals surface area contributed by atoms with Crippen molar-refractivity contribution in [1.29, 1.82) is 0 Å². The van der Waals surface area contributed by atoms with Crippen LogP contribution in [-0.4, -0.2) is 38.0 Å². The third kappa shape index (κ3) is 4.58. The molecule has 0 spiro atoms. The Kier molecular flexibility index (Phi) is 6.06. The van der Waals surface area contributed by atoms with Crippen molar-refractivity contribution in [2.24, 2.45) is 0 Å². The smallest absolute Gasteiger partial charge is 0.339 e. The Labute approximate surface area is 126 Å². The number of esters is 2. The number of amides is 1. The van der Waals surface area contributed by atoms with Gasteiger partial charge in [-0.3, -0.25) is 4.79 Å². The maximum Gasteiger partial charge on any atom is 0.339 e. The van der Waals surface area contributed by atoms with Gasteiger partial charge in [0.2, 0.25) is 5.91 Å². The highest BCUT2D eigenvalue weighted by Gasteiger charge is 2.17. The molecule has 0 radical (unpaired) electrons. The van der Waals surface area contributed by atoms with E-state index in [1.54, 1.807) is 0 Å². The van der Waals surface area contributed by atoms with Gasteiger partial charge < -0.3 is 24.7 Å². The number of methoxy groups -OCH3 is 2. The molecule has 1 aromatic rings. The van der Waals surface area contributed by atoms with Gasteiger partial charge in [-0.2, -0.15) is 0 Å². The highest BCUT2D eigenvalue weighted by atomic mass is 16.5. The number of hydrogen-bond donors (Lipinski definition) is 1. The molecule has 1 rings (SSSR count). The maximum absolute atomic E-state index is 11.7. The number of carboxylic acids is 1. The number of hydrogen-bond acceptors (Lipinski definition) is 7. The standard InChI is InChI=1S/C14H15NO7/c1-21-13(19)8-3-4-9(14(20)22-2)10(7-8)15-11(16)5-6-12(17)18/h3-4,7H,5-6H2,1-2H3,(H,15,16)(H,17,18)/p-1.